The molecular formula is C18H18ClNO2. The quantitative estimate of drug-likeness (QED) is 0.678. The lowest BCUT2D eigenvalue weighted by molar-refractivity contribution is 0.0601. The van der Waals surface area contributed by atoms with Gasteiger partial charge in [-0.05, 0) is 36.8 Å². The first-order valence-electron chi connectivity index (χ1n) is 6.91. The Kier molecular flexibility index (Phi) is 4.88. The number of esters is 1. The summed E-state index contributed by atoms with van der Waals surface area (Å²) in [5, 5.41) is 1.06. The molecule has 1 heterocycles. The first kappa shape index (κ1) is 16.1. The summed E-state index contributed by atoms with van der Waals surface area (Å²) in [5.41, 5.74) is 4.15. The first-order valence-corrected chi connectivity index (χ1v) is 6.91. The molecule has 0 aliphatic rings. The summed E-state index contributed by atoms with van der Waals surface area (Å²) < 4.78 is 7.03. The molecule has 3 rings (SSSR count). The maximum atomic E-state index is 11.6. The van der Waals surface area contributed by atoms with Crippen molar-refractivity contribution in [1.29, 1.82) is 0 Å². The number of carbonyl (C=O) groups excluding carboxylic acids is 1. The third kappa shape index (κ3) is 3.00. The average molecular weight is 316 g/mol. The fourth-order valence-electron chi connectivity index (χ4n) is 2.63. The predicted octanol–water partition coefficient (Wildman–Crippen LogP) is 4.21. The molecular weight excluding hydrogens is 298 g/mol. The van der Waals surface area contributed by atoms with Crippen molar-refractivity contribution in [3.05, 3.63) is 71.4 Å². The number of halogens is 1. The molecule has 0 saturated carbocycles. The molecule has 0 fully saturated rings. The topological polar surface area (TPSA) is 31.2 Å². The van der Waals surface area contributed by atoms with E-state index in [-0.39, 0.29) is 18.4 Å². The highest BCUT2D eigenvalue weighted by atomic mass is 35.5. The third-order valence-electron chi connectivity index (χ3n) is 3.71. The van der Waals surface area contributed by atoms with Crippen LogP contribution in [0.2, 0.25) is 0 Å². The van der Waals surface area contributed by atoms with Gasteiger partial charge in [0.15, 0.2) is 0 Å². The minimum absolute atomic E-state index is 0. The smallest absolute Gasteiger partial charge is 0.337 e. The third-order valence-corrected chi connectivity index (χ3v) is 3.71. The second-order valence-electron chi connectivity index (χ2n) is 5.12. The molecule has 0 atom stereocenters. The van der Waals surface area contributed by atoms with E-state index in [9.17, 15) is 4.79 Å². The van der Waals surface area contributed by atoms with Crippen molar-refractivity contribution in [2.24, 2.45) is 0 Å². The van der Waals surface area contributed by atoms with E-state index < -0.39 is 0 Å². The summed E-state index contributed by atoms with van der Waals surface area (Å²) in [6, 6.07) is 18.1. The zero-order valence-electron chi connectivity index (χ0n) is 12.6. The van der Waals surface area contributed by atoms with Crippen molar-refractivity contribution < 1.29 is 9.53 Å². The zero-order valence-corrected chi connectivity index (χ0v) is 13.4. The Morgan fingerprint density at radius 3 is 2.50 bits per heavy atom. The van der Waals surface area contributed by atoms with Gasteiger partial charge < -0.3 is 9.30 Å². The van der Waals surface area contributed by atoms with Crippen LogP contribution >= 0.6 is 12.4 Å². The molecule has 0 unspecified atom stereocenters. The van der Waals surface area contributed by atoms with Gasteiger partial charge in [0.05, 0.1) is 12.7 Å². The standard InChI is InChI=1S/C18H17NO2.ClH/c1-13-10-16-11-15(18(20)21-2)8-9-17(16)19(13)12-14-6-4-3-5-7-14;/h3-11H,12H2,1-2H3;1H. The lowest BCUT2D eigenvalue weighted by atomic mass is 10.1. The first-order chi connectivity index (χ1) is 10.2. The maximum absolute atomic E-state index is 11.6. The number of benzene rings is 2. The average Bonchev–Trinajstić information content (AvgIpc) is 2.82. The van der Waals surface area contributed by atoms with E-state index in [1.165, 1.54) is 18.4 Å². The summed E-state index contributed by atoms with van der Waals surface area (Å²) in [7, 11) is 1.40. The number of ether oxygens (including phenoxy) is 1. The molecule has 0 N–H and O–H groups in total. The fourth-order valence-corrected chi connectivity index (χ4v) is 2.63. The molecule has 3 nitrogen and oxygen atoms in total. The molecule has 1 aromatic heterocycles. The Bertz CT molecular complexity index is 793. The van der Waals surface area contributed by atoms with Crippen LogP contribution in [0, 0.1) is 6.92 Å². The molecule has 2 aromatic carbocycles. The second kappa shape index (κ2) is 6.67. The molecule has 0 aliphatic carbocycles. The van der Waals surface area contributed by atoms with Crippen LogP contribution in [0.15, 0.2) is 54.6 Å². The fraction of sp³-hybridized carbons (Fsp3) is 0.167. The van der Waals surface area contributed by atoms with Gasteiger partial charge in [-0.15, -0.1) is 12.4 Å². The van der Waals surface area contributed by atoms with E-state index in [0.29, 0.717) is 5.56 Å². The zero-order chi connectivity index (χ0) is 14.8. The highest BCUT2D eigenvalue weighted by Gasteiger charge is 2.10. The Balaban J connectivity index is 0.00000176. The number of carbonyl (C=O) groups is 1. The summed E-state index contributed by atoms with van der Waals surface area (Å²) in [5.74, 6) is -0.301. The van der Waals surface area contributed by atoms with Crippen molar-refractivity contribution in [2.75, 3.05) is 7.11 Å². The van der Waals surface area contributed by atoms with Crippen LogP contribution in [0.1, 0.15) is 21.6 Å². The molecule has 0 spiro atoms. The van der Waals surface area contributed by atoms with Crippen molar-refractivity contribution in [1.82, 2.24) is 4.57 Å². The lowest BCUT2D eigenvalue weighted by Gasteiger charge is -2.08. The van der Waals surface area contributed by atoms with Crippen LogP contribution in [-0.2, 0) is 11.3 Å². The Labute approximate surface area is 135 Å². The Morgan fingerprint density at radius 1 is 1.09 bits per heavy atom. The SMILES string of the molecule is COC(=O)c1ccc2c(c1)cc(C)n2Cc1ccccc1.Cl. The van der Waals surface area contributed by atoms with Crippen molar-refractivity contribution in [3.63, 3.8) is 0 Å². The van der Waals surface area contributed by atoms with Crippen LogP contribution in [0.5, 0.6) is 0 Å². The summed E-state index contributed by atoms with van der Waals surface area (Å²) in [6.45, 7) is 2.91. The molecule has 0 radical (unpaired) electrons. The van der Waals surface area contributed by atoms with Gasteiger partial charge in [-0.3, -0.25) is 0 Å². The summed E-state index contributed by atoms with van der Waals surface area (Å²) >= 11 is 0. The van der Waals surface area contributed by atoms with E-state index in [0.717, 1.165) is 17.4 Å². The highest BCUT2D eigenvalue weighted by Crippen LogP contribution is 2.22. The second-order valence-corrected chi connectivity index (χ2v) is 5.12. The molecule has 0 saturated heterocycles. The highest BCUT2D eigenvalue weighted by molar-refractivity contribution is 5.95. The normalized spacial score (nSPS) is 10.3. The number of aromatic nitrogens is 1. The van der Waals surface area contributed by atoms with Gasteiger partial charge >= 0.3 is 5.97 Å². The largest absolute Gasteiger partial charge is 0.465 e. The van der Waals surface area contributed by atoms with Crippen LogP contribution < -0.4 is 0 Å². The monoisotopic (exact) mass is 315 g/mol. The van der Waals surface area contributed by atoms with E-state index in [2.05, 4.69) is 29.7 Å². The Morgan fingerprint density at radius 2 is 1.82 bits per heavy atom. The number of hydrogen-bond donors (Lipinski definition) is 0. The maximum Gasteiger partial charge on any atom is 0.337 e. The van der Waals surface area contributed by atoms with Crippen LogP contribution in [0.4, 0.5) is 0 Å². The van der Waals surface area contributed by atoms with Gasteiger partial charge in [0.1, 0.15) is 0 Å². The van der Waals surface area contributed by atoms with Gasteiger partial charge in [-0.25, -0.2) is 4.79 Å². The van der Waals surface area contributed by atoms with Gasteiger partial charge in [-0.1, -0.05) is 30.3 Å². The number of hydrogen-bond acceptors (Lipinski definition) is 2. The van der Waals surface area contributed by atoms with E-state index in [1.54, 1.807) is 0 Å². The van der Waals surface area contributed by atoms with Crippen molar-refractivity contribution in [3.8, 4) is 0 Å². The van der Waals surface area contributed by atoms with Gasteiger partial charge in [0.2, 0.25) is 0 Å². The van der Waals surface area contributed by atoms with E-state index in [4.69, 9.17) is 4.74 Å². The van der Waals surface area contributed by atoms with Gasteiger partial charge in [-0.2, -0.15) is 0 Å². The van der Waals surface area contributed by atoms with Crippen LogP contribution in [-0.4, -0.2) is 17.6 Å². The molecule has 0 bridgehead atoms. The van der Waals surface area contributed by atoms with E-state index in [1.807, 2.05) is 36.4 Å². The minimum atomic E-state index is -0.301. The molecule has 0 amide bonds. The molecule has 22 heavy (non-hydrogen) atoms. The minimum Gasteiger partial charge on any atom is -0.465 e. The van der Waals surface area contributed by atoms with Crippen molar-refractivity contribution in [2.45, 2.75) is 13.5 Å². The molecule has 114 valence electrons. The van der Waals surface area contributed by atoms with E-state index >= 15 is 0 Å². The van der Waals surface area contributed by atoms with Crippen LogP contribution in [0.25, 0.3) is 10.9 Å². The predicted molar refractivity (Wildman–Crippen MR) is 90.8 cm³/mol. The van der Waals surface area contributed by atoms with Gasteiger partial charge in [0, 0.05) is 23.1 Å². The number of aryl methyl sites for hydroxylation is 1. The van der Waals surface area contributed by atoms with Crippen molar-refractivity contribution >= 4 is 29.3 Å². The number of rotatable bonds is 3. The summed E-state index contributed by atoms with van der Waals surface area (Å²) in [6.07, 6.45) is 0. The number of fused-ring (bicyclic) bond motifs is 1. The van der Waals surface area contributed by atoms with Crippen LogP contribution in [0.3, 0.4) is 0 Å². The molecule has 0 aliphatic heterocycles. The molecule has 4 heteroatoms. The Hall–Kier alpha value is -2.26. The lowest BCUT2D eigenvalue weighted by Crippen LogP contribution is -2.02. The molecule has 3 aromatic rings. The number of methoxy groups -OCH3 is 1. The number of nitrogens with zero attached hydrogens (tertiary/aromatic N) is 1. The summed E-state index contributed by atoms with van der Waals surface area (Å²) in [4.78, 5) is 11.6. The van der Waals surface area contributed by atoms with Gasteiger partial charge in [0.25, 0.3) is 0 Å².